The van der Waals surface area contributed by atoms with Crippen LogP contribution in [0.15, 0.2) is 59.1 Å². The minimum atomic E-state index is -0.229. The zero-order valence-corrected chi connectivity index (χ0v) is 10.1. The maximum absolute atomic E-state index is 13.8. The van der Waals surface area contributed by atoms with Gasteiger partial charge in [-0.2, -0.15) is 0 Å². The van der Waals surface area contributed by atoms with Crippen molar-refractivity contribution in [3.05, 3.63) is 70.2 Å². The van der Waals surface area contributed by atoms with Crippen molar-refractivity contribution in [2.24, 2.45) is 0 Å². The van der Waals surface area contributed by atoms with Crippen LogP contribution in [0.5, 0.6) is 0 Å². The predicted molar refractivity (Wildman–Crippen MR) is 69.6 cm³/mol. The Kier molecular flexibility index (Phi) is 3.52. The van der Waals surface area contributed by atoms with Crippen LogP contribution in [0.1, 0.15) is 11.1 Å². The molecule has 2 aromatic rings. The maximum atomic E-state index is 13.8. The third kappa shape index (κ3) is 2.58. The average Bonchev–Trinajstić information content (AvgIpc) is 2.33. The summed E-state index contributed by atoms with van der Waals surface area (Å²) in [5.41, 5.74) is 1.43. The molecule has 2 rings (SSSR count). The molecule has 0 nitrogen and oxygen atoms in total. The van der Waals surface area contributed by atoms with Crippen LogP contribution in [-0.2, 0) is 0 Å². The summed E-state index contributed by atoms with van der Waals surface area (Å²) in [6, 6.07) is 16.6. The van der Waals surface area contributed by atoms with Crippen molar-refractivity contribution in [1.82, 2.24) is 0 Å². The first-order valence-electron chi connectivity index (χ1n) is 4.94. The summed E-state index contributed by atoms with van der Waals surface area (Å²) in [4.78, 5) is 0. The topological polar surface area (TPSA) is 0 Å². The molecule has 0 bridgehead atoms. The second kappa shape index (κ2) is 5.08. The van der Waals surface area contributed by atoms with E-state index in [0.717, 1.165) is 10.0 Å². The lowest BCUT2D eigenvalue weighted by molar-refractivity contribution is 0.765. The summed E-state index contributed by atoms with van der Waals surface area (Å²) in [6.07, 6.45) is 1.53. The molecule has 0 atom stereocenters. The van der Waals surface area contributed by atoms with Crippen LogP contribution in [0.4, 0.5) is 4.39 Å². The quantitative estimate of drug-likeness (QED) is 0.684. The smallest absolute Gasteiger partial charge is 0.131 e. The Balaban J connectivity index is 2.36. The third-order valence-corrected chi connectivity index (χ3v) is 2.96. The molecular weight excluding hydrogens is 267 g/mol. The van der Waals surface area contributed by atoms with Crippen molar-refractivity contribution in [3.63, 3.8) is 0 Å². The van der Waals surface area contributed by atoms with Crippen LogP contribution in [-0.4, -0.2) is 0 Å². The zero-order valence-electron chi connectivity index (χ0n) is 8.53. The first-order valence-corrected chi connectivity index (χ1v) is 5.74. The highest BCUT2D eigenvalue weighted by atomic mass is 79.9. The summed E-state index contributed by atoms with van der Waals surface area (Å²) in [5.74, 6) is -0.229. The molecule has 0 saturated carbocycles. The van der Waals surface area contributed by atoms with Crippen molar-refractivity contribution in [2.75, 3.05) is 0 Å². The Morgan fingerprint density at radius 1 is 0.938 bits per heavy atom. The summed E-state index contributed by atoms with van der Waals surface area (Å²) in [5, 5.41) is 0. The van der Waals surface area contributed by atoms with E-state index in [1.165, 1.54) is 6.08 Å². The Morgan fingerprint density at radius 3 is 2.25 bits per heavy atom. The van der Waals surface area contributed by atoms with Gasteiger partial charge in [0.05, 0.1) is 0 Å². The van der Waals surface area contributed by atoms with Crippen molar-refractivity contribution < 1.29 is 4.39 Å². The van der Waals surface area contributed by atoms with E-state index in [0.29, 0.717) is 5.56 Å². The minimum absolute atomic E-state index is 0.229. The van der Waals surface area contributed by atoms with Gasteiger partial charge in [-0.1, -0.05) is 64.5 Å². The number of halogens is 2. The lowest BCUT2D eigenvalue weighted by Gasteiger charge is -2.00. The van der Waals surface area contributed by atoms with Crippen molar-refractivity contribution in [3.8, 4) is 0 Å². The van der Waals surface area contributed by atoms with Gasteiger partial charge in [0, 0.05) is 10.0 Å². The molecular formula is C14H10BrF. The van der Waals surface area contributed by atoms with Crippen LogP contribution < -0.4 is 0 Å². The Labute approximate surface area is 103 Å². The van der Waals surface area contributed by atoms with Crippen molar-refractivity contribution in [1.29, 1.82) is 0 Å². The van der Waals surface area contributed by atoms with Crippen LogP contribution in [0.25, 0.3) is 11.9 Å². The van der Waals surface area contributed by atoms with E-state index in [-0.39, 0.29) is 5.83 Å². The lowest BCUT2D eigenvalue weighted by Crippen LogP contribution is -1.79. The number of rotatable bonds is 2. The van der Waals surface area contributed by atoms with Gasteiger partial charge in [0.25, 0.3) is 0 Å². The highest BCUT2D eigenvalue weighted by Gasteiger charge is 2.01. The van der Waals surface area contributed by atoms with Gasteiger partial charge in [0.2, 0.25) is 0 Å². The third-order valence-electron chi connectivity index (χ3n) is 2.24. The molecule has 0 aliphatic carbocycles. The normalized spacial score (nSPS) is 11.5. The molecule has 80 valence electrons. The summed E-state index contributed by atoms with van der Waals surface area (Å²) in [7, 11) is 0. The number of hydrogen-bond acceptors (Lipinski definition) is 0. The lowest BCUT2D eigenvalue weighted by atomic mass is 10.1. The average molecular weight is 277 g/mol. The van der Waals surface area contributed by atoms with E-state index in [1.54, 1.807) is 12.1 Å². The van der Waals surface area contributed by atoms with Gasteiger partial charge in [-0.25, -0.2) is 4.39 Å². The van der Waals surface area contributed by atoms with Crippen LogP contribution >= 0.6 is 15.9 Å². The molecule has 0 unspecified atom stereocenters. The molecule has 0 aromatic heterocycles. The fourth-order valence-corrected chi connectivity index (χ4v) is 1.81. The van der Waals surface area contributed by atoms with E-state index in [9.17, 15) is 4.39 Å². The zero-order chi connectivity index (χ0) is 11.4. The Hall–Kier alpha value is -1.41. The number of hydrogen-bond donors (Lipinski definition) is 0. The first-order chi connectivity index (χ1) is 7.77. The summed E-state index contributed by atoms with van der Waals surface area (Å²) >= 11 is 3.39. The fraction of sp³-hybridized carbons (Fsp3) is 0. The highest BCUT2D eigenvalue weighted by molar-refractivity contribution is 9.10. The molecule has 16 heavy (non-hydrogen) atoms. The van der Waals surface area contributed by atoms with Gasteiger partial charge in [-0.05, 0) is 17.7 Å². The predicted octanol–water partition coefficient (Wildman–Crippen LogP) is 4.92. The summed E-state index contributed by atoms with van der Waals surface area (Å²) < 4.78 is 14.7. The van der Waals surface area contributed by atoms with Crippen LogP contribution in [0.2, 0.25) is 0 Å². The number of benzene rings is 2. The molecule has 0 aliphatic heterocycles. The van der Waals surface area contributed by atoms with E-state index in [2.05, 4.69) is 15.9 Å². The van der Waals surface area contributed by atoms with E-state index in [4.69, 9.17) is 0 Å². The molecule has 0 fully saturated rings. The molecule has 0 aliphatic rings. The largest absolute Gasteiger partial charge is 0.206 e. The molecule has 0 saturated heterocycles. The van der Waals surface area contributed by atoms with Gasteiger partial charge in [-0.15, -0.1) is 0 Å². The standard InChI is InChI=1S/C14H10BrF/c15-13-9-5-4-8-12(13)10-14(16)11-6-2-1-3-7-11/h1-10H. The van der Waals surface area contributed by atoms with E-state index < -0.39 is 0 Å². The monoisotopic (exact) mass is 276 g/mol. The van der Waals surface area contributed by atoms with E-state index in [1.807, 2.05) is 42.5 Å². The Morgan fingerprint density at radius 2 is 1.56 bits per heavy atom. The fourth-order valence-electron chi connectivity index (χ4n) is 1.41. The van der Waals surface area contributed by atoms with Crippen LogP contribution in [0.3, 0.4) is 0 Å². The minimum Gasteiger partial charge on any atom is -0.206 e. The molecule has 2 heteroatoms. The molecule has 0 heterocycles. The van der Waals surface area contributed by atoms with Gasteiger partial charge in [0.15, 0.2) is 0 Å². The molecule has 0 N–H and O–H groups in total. The second-order valence-electron chi connectivity index (χ2n) is 3.38. The van der Waals surface area contributed by atoms with Gasteiger partial charge in [0.1, 0.15) is 5.83 Å². The Bertz CT molecular complexity index is 503. The maximum Gasteiger partial charge on any atom is 0.131 e. The van der Waals surface area contributed by atoms with Gasteiger partial charge >= 0.3 is 0 Å². The molecule has 2 aromatic carbocycles. The van der Waals surface area contributed by atoms with Gasteiger partial charge < -0.3 is 0 Å². The SMILES string of the molecule is FC(=Cc1ccccc1Br)c1ccccc1. The second-order valence-corrected chi connectivity index (χ2v) is 4.23. The van der Waals surface area contributed by atoms with Gasteiger partial charge in [-0.3, -0.25) is 0 Å². The highest BCUT2D eigenvalue weighted by Crippen LogP contribution is 2.23. The van der Waals surface area contributed by atoms with Crippen molar-refractivity contribution in [2.45, 2.75) is 0 Å². The van der Waals surface area contributed by atoms with Crippen LogP contribution in [0, 0.1) is 0 Å². The first kappa shape index (κ1) is 11.1. The van der Waals surface area contributed by atoms with Crippen molar-refractivity contribution >= 4 is 27.8 Å². The molecule has 0 spiro atoms. The summed E-state index contributed by atoms with van der Waals surface area (Å²) in [6.45, 7) is 0. The molecule has 0 radical (unpaired) electrons. The van der Waals surface area contributed by atoms with E-state index >= 15 is 0 Å². The molecule has 0 amide bonds.